The van der Waals surface area contributed by atoms with Gasteiger partial charge in [0, 0.05) is 49.0 Å². The molecule has 0 aliphatic heterocycles. The summed E-state index contributed by atoms with van der Waals surface area (Å²) in [4.78, 5) is 6.35. The summed E-state index contributed by atoms with van der Waals surface area (Å²) in [7, 11) is -8.74. The summed E-state index contributed by atoms with van der Waals surface area (Å²) in [5.41, 5.74) is 8.11. The molecule has 0 bridgehead atoms. The molecule has 9 nitrogen and oxygen atoms in total. The van der Waals surface area contributed by atoms with Gasteiger partial charge in [-0.1, -0.05) is 60.7 Å². The topological polar surface area (TPSA) is 130 Å². The van der Waals surface area contributed by atoms with Crippen molar-refractivity contribution in [2.75, 3.05) is 24.5 Å². The Bertz CT molecular complexity index is 2110. The monoisotopic (exact) mass is 734 g/mol. The third kappa shape index (κ3) is 10.4. The van der Waals surface area contributed by atoms with Crippen LogP contribution in [0.1, 0.15) is 37.5 Å². The van der Waals surface area contributed by atoms with Crippen molar-refractivity contribution in [3.05, 3.63) is 144 Å². The van der Waals surface area contributed by atoms with Gasteiger partial charge in [-0.15, -0.1) is 0 Å². The predicted octanol–water partition coefficient (Wildman–Crippen LogP) is 3.62. The van der Waals surface area contributed by atoms with Crippen molar-refractivity contribution < 1.29 is 60.1 Å². The Morgan fingerprint density at radius 1 is 0.784 bits per heavy atom. The van der Waals surface area contributed by atoms with Gasteiger partial charge in [-0.3, -0.25) is 9.55 Å². The van der Waals surface area contributed by atoms with Crippen LogP contribution in [0.2, 0.25) is 0 Å². The zero-order valence-corrected chi connectivity index (χ0v) is 32.9. The second-order valence-corrected chi connectivity index (χ2v) is 14.7. The van der Waals surface area contributed by atoms with Crippen molar-refractivity contribution in [1.82, 2.24) is 0 Å². The van der Waals surface area contributed by atoms with Crippen LogP contribution < -0.4 is 34.5 Å². The Morgan fingerprint density at radius 2 is 1.35 bits per heavy atom. The number of hydrogen-bond donors (Lipinski definition) is 1. The first kappa shape index (κ1) is 40.1. The van der Waals surface area contributed by atoms with E-state index < -0.39 is 20.2 Å². The largest absolute Gasteiger partial charge is 1.00 e. The fraction of sp³-hybridized carbons (Fsp3) is 0.231. The summed E-state index contributed by atoms with van der Waals surface area (Å²) in [5, 5.41) is 0. The molecular formula is C39H41N3NaO6S2+. The number of benzene rings is 3. The first-order valence-corrected chi connectivity index (χ1v) is 19.3. The Balaban J connectivity index is 0.00000583. The predicted molar refractivity (Wildman–Crippen MR) is 198 cm³/mol. The van der Waals surface area contributed by atoms with Crippen LogP contribution in [-0.4, -0.2) is 61.6 Å². The van der Waals surface area contributed by atoms with Crippen molar-refractivity contribution in [3.63, 3.8) is 0 Å². The van der Waals surface area contributed by atoms with E-state index in [1.165, 1.54) is 24.3 Å². The van der Waals surface area contributed by atoms with Crippen molar-refractivity contribution >= 4 is 42.9 Å². The third-order valence-electron chi connectivity index (χ3n) is 8.65. The molecule has 0 saturated heterocycles. The molecule has 0 radical (unpaired) electrons. The quantitative estimate of drug-likeness (QED) is 0.171. The van der Waals surface area contributed by atoms with Crippen LogP contribution in [0.15, 0.2) is 142 Å². The average molecular weight is 735 g/mol. The van der Waals surface area contributed by atoms with Crippen LogP contribution in [0.4, 0.5) is 5.69 Å². The third-order valence-corrected chi connectivity index (χ3v) is 10.4. The Morgan fingerprint density at radius 3 is 1.86 bits per heavy atom. The van der Waals surface area contributed by atoms with E-state index in [1.807, 2.05) is 19.1 Å². The van der Waals surface area contributed by atoms with E-state index >= 15 is 0 Å². The number of aliphatic imine (C=N–C) groups is 1. The fourth-order valence-electron chi connectivity index (χ4n) is 6.00. The molecule has 260 valence electrons. The first-order chi connectivity index (χ1) is 23.9. The van der Waals surface area contributed by atoms with Gasteiger partial charge in [-0.25, -0.2) is 13.0 Å². The van der Waals surface area contributed by atoms with Crippen LogP contribution in [0.5, 0.6) is 0 Å². The van der Waals surface area contributed by atoms with E-state index in [0.717, 1.165) is 58.0 Å². The van der Waals surface area contributed by atoms with Crippen LogP contribution in [0.3, 0.4) is 0 Å². The molecule has 3 aromatic carbocycles. The van der Waals surface area contributed by atoms with Crippen LogP contribution in [-0.2, 0) is 33.3 Å². The molecule has 12 heteroatoms. The maximum absolute atomic E-state index is 11.5. The van der Waals surface area contributed by atoms with Gasteiger partial charge in [0.1, 0.15) is 16.7 Å². The van der Waals surface area contributed by atoms with Crippen LogP contribution in [0.25, 0.3) is 5.57 Å². The van der Waals surface area contributed by atoms with E-state index in [-0.39, 0.29) is 45.3 Å². The zero-order chi connectivity index (χ0) is 35.9. The number of anilines is 1. The van der Waals surface area contributed by atoms with Crippen molar-refractivity contribution in [1.29, 1.82) is 0 Å². The normalized spacial score (nSPS) is 15.5. The zero-order valence-electron chi connectivity index (χ0n) is 29.3. The summed E-state index contributed by atoms with van der Waals surface area (Å²) < 4.78 is 68.5. The van der Waals surface area contributed by atoms with Gasteiger partial charge in [0.15, 0.2) is 12.3 Å². The van der Waals surface area contributed by atoms with Gasteiger partial charge in [0.05, 0.1) is 15.5 Å². The van der Waals surface area contributed by atoms with Gasteiger partial charge in [-0.05, 0) is 91.6 Å². The SMILES string of the molecule is CCN=C1C=CC(=C(c2ccc(N(CC)Cc3ccc(S(=O)(=O)[O-])cc3)cc2)C2C=CC(=[N+](CC)Cc3ccc(S(=O)(=O)O)cc3)C=C2)C=C1.[Na+]. The summed E-state index contributed by atoms with van der Waals surface area (Å²) in [6.07, 6.45) is 16.9. The summed E-state index contributed by atoms with van der Waals surface area (Å²) in [6.45, 7) is 9.45. The fourth-order valence-corrected chi connectivity index (χ4v) is 6.95. The average Bonchev–Trinajstić information content (AvgIpc) is 3.11. The Hall–Kier alpha value is -3.68. The molecular weight excluding hydrogens is 694 g/mol. The molecule has 0 heterocycles. The van der Waals surface area contributed by atoms with Gasteiger partial charge >= 0.3 is 29.6 Å². The second-order valence-electron chi connectivity index (χ2n) is 11.9. The molecule has 1 N–H and O–H groups in total. The second kappa shape index (κ2) is 17.7. The van der Waals surface area contributed by atoms with E-state index in [2.05, 4.69) is 89.0 Å². The van der Waals surface area contributed by atoms with Gasteiger partial charge < -0.3 is 9.45 Å². The molecule has 0 atom stereocenters. The molecule has 0 saturated carbocycles. The molecule has 0 amide bonds. The van der Waals surface area contributed by atoms with E-state index in [4.69, 9.17) is 0 Å². The number of allylic oxidation sites excluding steroid dienone is 10. The van der Waals surface area contributed by atoms with Crippen LogP contribution >= 0.6 is 0 Å². The van der Waals surface area contributed by atoms with Gasteiger partial charge in [-0.2, -0.15) is 8.42 Å². The minimum absolute atomic E-state index is 0. The summed E-state index contributed by atoms with van der Waals surface area (Å²) in [5.74, 6) is -0.00981. The van der Waals surface area contributed by atoms with Crippen molar-refractivity contribution in [2.45, 2.75) is 43.7 Å². The molecule has 2 aliphatic carbocycles. The summed E-state index contributed by atoms with van der Waals surface area (Å²) in [6, 6.07) is 20.8. The van der Waals surface area contributed by atoms with Gasteiger partial charge in [0.25, 0.3) is 10.1 Å². The minimum atomic E-state index is -4.49. The van der Waals surface area contributed by atoms with Crippen molar-refractivity contribution in [3.8, 4) is 0 Å². The Labute approximate surface area is 323 Å². The first-order valence-electron chi connectivity index (χ1n) is 16.5. The number of hydrogen-bond acceptors (Lipinski definition) is 7. The number of rotatable bonds is 12. The maximum Gasteiger partial charge on any atom is 1.00 e. The molecule has 0 aromatic heterocycles. The molecule has 3 aromatic rings. The van der Waals surface area contributed by atoms with E-state index in [9.17, 15) is 25.9 Å². The van der Waals surface area contributed by atoms with Gasteiger partial charge in [0.2, 0.25) is 0 Å². The smallest absolute Gasteiger partial charge is 0.744 e. The minimum Gasteiger partial charge on any atom is -0.744 e. The summed E-state index contributed by atoms with van der Waals surface area (Å²) >= 11 is 0. The van der Waals surface area contributed by atoms with E-state index in [0.29, 0.717) is 19.6 Å². The number of nitrogens with zero attached hydrogens (tertiary/aromatic N) is 3. The molecule has 0 unspecified atom stereocenters. The molecule has 0 spiro atoms. The maximum atomic E-state index is 11.5. The molecule has 0 fully saturated rings. The standard InChI is InChI=1S/C39H41N3O6S2.Na/c1-4-40-34-17-11-31(12-18-34)39(32-13-19-35(20-14-32)41(5-2)27-29-7-23-37(24-8-29)49(43,44)45)33-15-21-36(22-16-33)42(6-3)28-30-9-25-38(26-10-30)50(46,47)48;/h7-26,32H,4-6,27-28H2,1-3H3,(H-,43,44,45,46,47,48);/q;+1. The molecule has 2 aliphatic rings. The van der Waals surface area contributed by atoms with E-state index in [1.54, 1.807) is 24.3 Å². The molecule has 51 heavy (non-hydrogen) atoms. The van der Waals surface area contributed by atoms with Crippen molar-refractivity contribution in [2.24, 2.45) is 10.9 Å². The Kier molecular flexibility index (Phi) is 13.9. The molecule has 5 rings (SSSR count). The van der Waals surface area contributed by atoms with Crippen LogP contribution in [0, 0.1) is 5.92 Å².